The molecular weight excluding hydrogens is 1400 g/mol. The fourth-order valence-corrected chi connectivity index (χ4v) is 17.5. The zero-order chi connectivity index (χ0) is 71.8. The van der Waals surface area contributed by atoms with Crippen molar-refractivity contribution in [2.45, 2.75) is 67.1 Å². The van der Waals surface area contributed by atoms with Crippen LogP contribution in [0.25, 0.3) is 71.6 Å². The summed E-state index contributed by atoms with van der Waals surface area (Å²) in [6.07, 6.45) is 22.2. The van der Waals surface area contributed by atoms with Crippen molar-refractivity contribution in [2.75, 3.05) is 67.0 Å². The number of hydrogen-bond donors (Lipinski definition) is 3. The first-order chi connectivity index (χ1) is 47.9. The van der Waals surface area contributed by atoms with Gasteiger partial charge in [-0.2, -0.15) is 0 Å². The van der Waals surface area contributed by atoms with E-state index in [1.54, 1.807) is 67.3 Å². The number of fused-ring (bicyclic) bond motifs is 6. The Morgan fingerprint density at radius 2 is 1.00 bits per heavy atom. The van der Waals surface area contributed by atoms with Gasteiger partial charge in [-0.1, -0.05) is 54.1 Å². The second-order valence-electron chi connectivity index (χ2n) is 24.3. The number of pyridine rings is 3. The maximum atomic E-state index is 13.8. The molecule has 524 valence electrons. The largest absolute Gasteiger partial charge is 0.492 e. The summed E-state index contributed by atoms with van der Waals surface area (Å²) < 4.78 is 96.9. The second kappa shape index (κ2) is 31.3. The van der Waals surface area contributed by atoms with Gasteiger partial charge < -0.3 is 43.9 Å². The molecule has 0 bridgehead atoms. The molecule has 28 heteroatoms. The minimum absolute atomic E-state index is 0.184. The lowest BCUT2D eigenvalue weighted by molar-refractivity contribution is -0.123. The summed E-state index contributed by atoms with van der Waals surface area (Å²) in [5, 5.41) is 24.4. The molecule has 24 nitrogen and oxygen atoms in total. The van der Waals surface area contributed by atoms with E-state index in [4.69, 9.17) is 44.4 Å². The van der Waals surface area contributed by atoms with Crippen LogP contribution in [0.2, 0.25) is 0 Å². The van der Waals surface area contributed by atoms with Crippen molar-refractivity contribution < 1.29 is 59.7 Å². The highest BCUT2D eigenvalue weighted by Gasteiger charge is 2.32. The molecule has 0 saturated carbocycles. The molecule has 0 fully saturated rings. The van der Waals surface area contributed by atoms with Crippen LogP contribution in [0.4, 0.5) is 0 Å². The van der Waals surface area contributed by atoms with Crippen LogP contribution in [-0.2, 0) is 77.8 Å². The van der Waals surface area contributed by atoms with E-state index in [1.165, 1.54) is 23.1 Å². The van der Waals surface area contributed by atoms with Crippen LogP contribution >= 0.6 is 15.9 Å². The molecule has 4 aliphatic rings. The molecule has 0 radical (unpaired) electrons. The summed E-state index contributed by atoms with van der Waals surface area (Å²) >= 11 is 3.45. The number of carbonyl (C=O) groups is 3. The van der Waals surface area contributed by atoms with Crippen molar-refractivity contribution in [1.82, 2.24) is 50.7 Å². The topological polar surface area (TPSA) is 297 Å². The van der Waals surface area contributed by atoms with Crippen LogP contribution in [0.15, 0.2) is 172 Å². The number of aryl methyl sites for hydroxylation is 4. The van der Waals surface area contributed by atoms with Crippen molar-refractivity contribution in [3.05, 3.63) is 191 Å². The number of halogens is 1. The number of ether oxygens (including phenoxy) is 1. The molecule has 0 aliphatic carbocycles. The number of carboxylic acid groups (broad SMARTS) is 3. The molecule has 8 aromatic heterocycles. The lowest BCUT2D eigenvalue weighted by atomic mass is 10.00. The minimum atomic E-state index is -3.86. The summed E-state index contributed by atoms with van der Waals surface area (Å²) in [5.41, 5.74) is 13.1. The third-order valence-electron chi connectivity index (χ3n) is 18.0. The van der Waals surface area contributed by atoms with E-state index in [1.807, 2.05) is 104 Å². The smallest absolute Gasteiger partial charge is 0.290 e. The number of aromatic nitrogens is 8. The van der Waals surface area contributed by atoms with Gasteiger partial charge in [-0.15, -0.1) is 0 Å². The van der Waals surface area contributed by atoms with Crippen LogP contribution in [0.3, 0.4) is 0 Å². The van der Waals surface area contributed by atoms with Crippen LogP contribution in [0.5, 0.6) is 5.75 Å². The number of benzene rings is 3. The third kappa shape index (κ3) is 15.1. The van der Waals surface area contributed by atoms with E-state index < -0.39 is 30.1 Å². The van der Waals surface area contributed by atoms with Gasteiger partial charge in [0.15, 0.2) is 11.3 Å². The lowest BCUT2D eigenvalue weighted by Gasteiger charge is -2.21. The number of likely N-dealkylation sites (N-methyl/N-ethyl adjacent to an activating group) is 3. The van der Waals surface area contributed by atoms with Crippen molar-refractivity contribution in [3.63, 3.8) is 0 Å². The summed E-state index contributed by atoms with van der Waals surface area (Å²) in [6, 6.07) is 29.6. The molecule has 11 aromatic rings. The highest BCUT2D eigenvalue weighted by Crippen LogP contribution is 2.41. The molecule has 0 unspecified atom stereocenters. The van der Waals surface area contributed by atoms with Gasteiger partial charge in [-0.05, 0) is 166 Å². The minimum Gasteiger partial charge on any atom is -0.492 e. The zero-order valence-electron chi connectivity index (χ0n) is 56.3. The van der Waals surface area contributed by atoms with Crippen molar-refractivity contribution in [1.29, 1.82) is 0 Å². The van der Waals surface area contributed by atoms with E-state index in [0.29, 0.717) is 41.1 Å². The molecule has 3 N–H and O–H groups in total. The summed E-state index contributed by atoms with van der Waals surface area (Å²) in [6.45, 7) is 9.21. The molecule has 0 saturated heterocycles. The Morgan fingerprint density at radius 3 is 1.51 bits per heavy atom. The fraction of sp³-hybridized carbons (Fsp3) is 0.278. The average molecular weight is 1480 g/mol. The van der Waals surface area contributed by atoms with Crippen molar-refractivity contribution >= 4 is 137 Å². The fourth-order valence-electron chi connectivity index (χ4n) is 12.6. The first-order valence-electron chi connectivity index (χ1n) is 32.1. The first-order valence-corrected chi connectivity index (χ1v) is 37.2. The molecule has 0 amide bonds. The zero-order valence-corrected chi connectivity index (χ0v) is 60.3. The van der Waals surface area contributed by atoms with E-state index in [0.717, 1.165) is 148 Å². The number of nitrogens with zero attached hydrogens (tertiary/aromatic N) is 11. The van der Waals surface area contributed by atoms with Crippen LogP contribution in [-0.4, -0.2) is 178 Å². The van der Waals surface area contributed by atoms with Crippen LogP contribution < -0.4 is 4.74 Å². The highest BCUT2D eigenvalue weighted by molar-refractivity contribution is 9.10. The second-order valence-corrected chi connectivity index (χ2v) is 30.6. The summed E-state index contributed by atoms with van der Waals surface area (Å²) in [4.78, 5) is 46.5. The van der Waals surface area contributed by atoms with Crippen LogP contribution in [0, 0.1) is 0 Å². The quantitative estimate of drug-likeness (QED) is 0.101. The van der Waals surface area contributed by atoms with Gasteiger partial charge in [-0.25, -0.2) is 47.1 Å². The predicted octanol–water partition coefficient (Wildman–Crippen LogP) is 10.9. The van der Waals surface area contributed by atoms with E-state index in [9.17, 15) is 25.3 Å². The van der Waals surface area contributed by atoms with Gasteiger partial charge in [0.1, 0.15) is 10.6 Å². The van der Waals surface area contributed by atoms with Gasteiger partial charge in [0.05, 0.1) is 27.4 Å². The van der Waals surface area contributed by atoms with Crippen molar-refractivity contribution in [3.8, 4) is 5.75 Å². The van der Waals surface area contributed by atoms with Crippen molar-refractivity contribution in [2.24, 2.45) is 14.1 Å². The predicted molar refractivity (Wildman–Crippen MR) is 391 cm³/mol. The maximum Gasteiger partial charge on any atom is 0.290 e. The highest BCUT2D eigenvalue weighted by atomic mass is 79.9. The Balaban J connectivity index is 0.000000153. The van der Waals surface area contributed by atoms with Gasteiger partial charge in [0, 0.05) is 162 Å². The van der Waals surface area contributed by atoms with Gasteiger partial charge in [-0.3, -0.25) is 19.4 Å². The molecule has 15 rings (SSSR count). The molecular formula is C72H78BrN11O13S3. The standard InChI is InChI=1S/2C24H26N4O2S.C21H20BrN3O3S.3CH2O2/c1-4-19-5-7-21-22(17-9-12-26(2)13-10-17)16-28(24(21)25-19)31(29,30)20-6-8-23-18(15-20)11-14-27(23)3;1-4-19-6-8-21-22(17-9-12-26(2)13-10-17)16-28(24(21)25-19)31(29,30)20-7-5-18-11-14-27(3)23(18)15-20;1-24-8-4-14(5-9-24)17-13-25(18-3-2-7-23-20(17)18)29(26,27)19-12-16(22)11-15-6-10-28-21(15)19;3*2-1-3/h2*5-9,11,14-16H,4,10,12-13H2,1-3H3;2-4,7,11-13H,5-6,8-10H2,1H3;3*1H,(H,2,3). The van der Waals surface area contributed by atoms with Gasteiger partial charge in [0.2, 0.25) is 0 Å². The third-order valence-corrected chi connectivity index (χ3v) is 23.4. The maximum absolute atomic E-state index is 13.8. The molecule has 12 heterocycles. The van der Waals surface area contributed by atoms with E-state index in [-0.39, 0.29) is 34.1 Å². The Kier molecular flexibility index (Phi) is 22.9. The Hall–Kier alpha value is -9.55. The lowest BCUT2D eigenvalue weighted by Crippen LogP contribution is -2.23. The Morgan fingerprint density at radius 1 is 0.520 bits per heavy atom. The SMILES string of the molecule is CCc1ccc2c(C3=CCN(C)CC3)cn(S(=O)(=O)c3ccc4c(ccn4C)c3)c2n1.CCc1ccc2c(C3=CCN(C)CC3)cn(S(=O)(=O)c3ccc4ccn(C)c4c3)c2n1.CN1CC=C(c2cn(S(=O)(=O)c3cc(Br)cc4c3OCC4)c3cccnc23)CC1.O=CO.O=CO.O=CO. The van der Waals surface area contributed by atoms with E-state index in [2.05, 4.69) is 75.0 Å². The van der Waals surface area contributed by atoms with E-state index >= 15 is 0 Å². The molecule has 4 aliphatic heterocycles. The van der Waals surface area contributed by atoms with Gasteiger partial charge >= 0.3 is 0 Å². The Labute approximate surface area is 588 Å². The Bertz CT molecular complexity index is 5340. The van der Waals surface area contributed by atoms with Gasteiger partial charge in [0.25, 0.3) is 49.5 Å². The summed E-state index contributed by atoms with van der Waals surface area (Å²) in [7, 11) is -1.32. The molecule has 3 aromatic carbocycles. The molecule has 0 spiro atoms. The molecule has 100 heavy (non-hydrogen) atoms. The number of rotatable bonds is 11. The van der Waals surface area contributed by atoms with Crippen LogP contribution in [0.1, 0.15) is 66.8 Å². The normalized spacial score (nSPS) is 15.1. The average Bonchev–Trinajstić information content (AvgIpc) is 1.60. The molecule has 0 atom stereocenters. The summed E-state index contributed by atoms with van der Waals surface area (Å²) in [5.74, 6) is 0.457. The first kappa shape index (κ1) is 73.2. The monoisotopic (exact) mass is 1480 g/mol. The number of hydrogen-bond acceptors (Lipinski definition) is 16.